The quantitative estimate of drug-likeness (QED) is 0.759. The topological polar surface area (TPSA) is 70.7 Å². The van der Waals surface area contributed by atoms with Crippen molar-refractivity contribution >= 4 is 5.91 Å². The largest absolute Gasteiger partial charge is 0.340 e. The normalized spacial score (nSPS) is 15.0. The lowest BCUT2D eigenvalue weighted by molar-refractivity contribution is 0.0938. The van der Waals surface area contributed by atoms with Crippen molar-refractivity contribution in [2.24, 2.45) is 0 Å². The van der Waals surface area contributed by atoms with Gasteiger partial charge >= 0.3 is 0 Å². The number of aromatic amines is 1. The minimum Gasteiger partial charge on any atom is -0.340 e. The van der Waals surface area contributed by atoms with Crippen molar-refractivity contribution in [1.82, 2.24) is 20.5 Å². The molecule has 1 aliphatic rings. The first kappa shape index (κ1) is 14.6. The number of amides is 1. The average Bonchev–Trinajstić information content (AvgIpc) is 3.38. The van der Waals surface area contributed by atoms with Crippen LogP contribution in [0.15, 0.2) is 60.9 Å². The second-order valence-electron chi connectivity index (χ2n) is 6.08. The Morgan fingerprint density at radius 1 is 1.08 bits per heavy atom. The molecule has 5 heteroatoms. The predicted molar refractivity (Wildman–Crippen MR) is 90.6 cm³/mol. The first-order chi connectivity index (χ1) is 11.8. The first-order valence-corrected chi connectivity index (χ1v) is 8.12. The number of nitrogens with one attached hydrogen (secondary N) is 2. The number of benzene rings is 1. The molecule has 1 atom stereocenters. The van der Waals surface area contributed by atoms with Crippen molar-refractivity contribution in [3.8, 4) is 0 Å². The highest BCUT2D eigenvalue weighted by Gasteiger charge is 2.27. The van der Waals surface area contributed by atoms with E-state index in [9.17, 15) is 4.79 Å². The van der Waals surface area contributed by atoms with Crippen LogP contribution < -0.4 is 5.32 Å². The highest BCUT2D eigenvalue weighted by molar-refractivity contribution is 5.93. The van der Waals surface area contributed by atoms with Gasteiger partial charge in [-0.2, -0.15) is 5.10 Å². The van der Waals surface area contributed by atoms with Crippen LogP contribution in [0.25, 0.3) is 0 Å². The van der Waals surface area contributed by atoms with E-state index in [0.717, 1.165) is 16.8 Å². The van der Waals surface area contributed by atoms with Gasteiger partial charge in [0.05, 0.1) is 6.04 Å². The van der Waals surface area contributed by atoms with Gasteiger partial charge in [0.15, 0.2) is 0 Å². The molecule has 3 aromatic rings. The van der Waals surface area contributed by atoms with Crippen LogP contribution in [0.1, 0.15) is 52.1 Å². The molecule has 1 fully saturated rings. The van der Waals surface area contributed by atoms with Gasteiger partial charge in [-0.3, -0.25) is 14.9 Å². The zero-order chi connectivity index (χ0) is 16.4. The number of carbonyl (C=O) groups is 1. The average molecular weight is 318 g/mol. The van der Waals surface area contributed by atoms with E-state index in [2.05, 4.69) is 20.5 Å². The Bertz CT molecular complexity index is 785. The van der Waals surface area contributed by atoms with Gasteiger partial charge in [-0.05, 0) is 42.2 Å². The summed E-state index contributed by atoms with van der Waals surface area (Å²) in [5.74, 6) is 0.369. The SMILES string of the molecule is O=C(N[C@H](c1ccccc1)c1ccncc1)c1cc(C2CC2)[nH]n1. The highest BCUT2D eigenvalue weighted by Crippen LogP contribution is 2.39. The van der Waals surface area contributed by atoms with Gasteiger partial charge in [0.25, 0.3) is 5.91 Å². The van der Waals surface area contributed by atoms with Gasteiger partial charge in [0.1, 0.15) is 5.69 Å². The third-order valence-corrected chi connectivity index (χ3v) is 4.30. The van der Waals surface area contributed by atoms with E-state index in [4.69, 9.17) is 0 Å². The predicted octanol–water partition coefficient (Wildman–Crippen LogP) is 3.20. The molecule has 5 nitrogen and oxygen atoms in total. The summed E-state index contributed by atoms with van der Waals surface area (Å²) in [6.07, 6.45) is 5.81. The number of aromatic nitrogens is 3. The summed E-state index contributed by atoms with van der Waals surface area (Å²) in [7, 11) is 0. The van der Waals surface area contributed by atoms with E-state index in [-0.39, 0.29) is 11.9 Å². The van der Waals surface area contributed by atoms with Crippen molar-refractivity contribution in [2.75, 3.05) is 0 Å². The number of rotatable bonds is 5. The minimum absolute atomic E-state index is 0.177. The molecule has 0 aliphatic heterocycles. The third kappa shape index (κ3) is 3.06. The summed E-state index contributed by atoms with van der Waals surface area (Å²) in [5, 5.41) is 10.2. The van der Waals surface area contributed by atoms with E-state index >= 15 is 0 Å². The lowest BCUT2D eigenvalue weighted by atomic mass is 9.99. The van der Waals surface area contributed by atoms with Crippen molar-refractivity contribution in [3.63, 3.8) is 0 Å². The van der Waals surface area contributed by atoms with Crippen LogP contribution in [-0.4, -0.2) is 21.1 Å². The number of hydrogen-bond acceptors (Lipinski definition) is 3. The van der Waals surface area contributed by atoms with Gasteiger partial charge in [-0.25, -0.2) is 0 Å². The van der Waals surface area contributed by atoms with Gasteiger partial charge < -0.3 is 5.32 Å². The summed E-state index contributed by atoms with van der Waals surface area (Å²) >= 11 is 0. The van der Waals surface area contributed by atoms with Crippen LogP contribution in [0.5, 0.6) is 0 Å². The molecule has 0 bridgehead atoms. The molecule has 0 spiro atoms. The molecular weight excluding hydrogens is 300 g/mol. The maximum atomic E-state index is 12.6. The lowest BCUT2D eigenvalue weighted by Crippen LogP contribution is -2.29. The molecule has 0 unspecified atom stereocenters. The minimum atomic E-state index is -0.234. The van der Waals surface area contributed by atoms with Crippen LogP contribution in [0.2, 0.25) is 0 Å². The maximum Gasteiger partial charge on any atom is 0.272 e. The van der Waals surface area contributed by atoms with Crippen molar-refractivity contribution in [2.45, 2.75) is 24.8 Å². The summed E-state index contributed by atoms with van der Waals surface area (Å²) in [6.45, 7) is 0. The molecule has 1 amide bonds. The third-order valence-electron chi connectivity index (χ3n) is 4.30. The van der Waals surface area contributed by atoms with Crippen molar-refractivity contribution < 1.29 is 4.79 Å². The zero-order valence-corrected chi connectivity index (χ0v) is 13.1. The van der Waals surface area contributed by atoms with Crippen LogP contribution in [-0.2, 0) is 0 Å². The number of pyridine rings is 1. The Balaban J connectivity index is 1.60. The molecule has 4 rings (SSSR count). The Kier molecular flexibility index (Phi) is 3.83. The van der Waals surface area contributed by atoms with Gasteiger partial charge in [-0.1, -0.05) is 30.3 Å². The Hall–Kier alpha value is -2.95. The lowest BCUT2D eigenvalue weighted by Gasteiger charge is -2.19. The molecule has 1 aromatic carbocycles. The molecule has 0 radical (unpaired) electrons. The van der Waals surface area contributed by atoms with Crippen molar-refractivity contribution in [1.29, 1.82) is 0 Å². The van der Waals surface area contributed by atoms with Gasteiger partial charge in [-0.15, -0.1) is 0 Å². The number of nitrogens with zero attached hydrogens (tertiary/aromatic N) is 2. The Morgan fingerprint density at radius 3 is 2.50 bits per heavy atom. The first-order valence-electron chi connectivity index (χ1n) is 8.12. The molecule has 1 aliphatic carbocycles. The summed E-state index contributed by atoms with van der Waals surface area (Å²) < 4.78 is 0. The Morgan fingerprint density at radius 2 is 1.79 bits per heavy atom. The summed E-state index contributed by atoms with van der Waals surface area (Å²) in [5.41, 5.74) is 3.50. The van der Waals surface area contributed by atoms with Gasteiger partial charge in [0.2, 0.25) is 0 Å². The smallest absolute Gasteiger partial charge is 0.272 e. The molecule has 120 valence electrons. The molecule has 24 heavy (non-hydrogen) atoms. The number of hydrogen-bond donors (Lipinski definition) is 2. The fourth-order valence-corrected chi connectivity index (χ4v) is 2.82. The summed E-state index contributed by atoms with van der Waals surface area (Å²) in [4.78, 5) is 16.7. The molecule has 0 saturated heterocycles. The second kappa shape index (κ2) is 6.28. The highest BCUT2D eigenvalue weighted by atomic mass is 16.2. The zero-order valence-electron chi connectivity index (χ0n) is 13.1. The second-order valence-corrected chi connectivity index (χ2v) is 6.08. The molecule has 2 heterocycles. The van der Waals surface area contributed by atoms with E-state index < -0.39 is 0 Å². The monoisotopic (exact) mass is 318 g/mol. The van der Waals surface area contributed by atoms with Crippen LogP contribution in [0.3, 0.4) is 0 Å². The number of H-pyrrole nitrogens is 1. The number of carbonyl (C=O) groups excluding carboxylic acids is 1. The molecule has 1 saturated carbocycles. The standard InChI is InChI=1S/C19H18N4O/c24-19(17-12-16(22-23-17)13-6-7-13)21-18(14-4-2-1-3-5-14)15-8-10-20-11-9-15/h1-5,8-13,18H,6-7H2,(H,21,24)(H,22,23)/t18-/m1/s1. The molecule has 2 aromatic heterocycles. The fraction of sp³-hybridized carbons (Fsp3) is 0.211. The maximum absolute atomic E-state index is 12.6. The summed E-state index contributed by atoms with van der Waals surface area (Å²) in [6, 6.07) is 15.4. The van der Waals surface area contributed by atoms with Gasteiger partial charge in [0, 0.05) is 24.0 Å². The van der Waals surface area contributed by atoms with Crippen molar-refractivity contribution in [3.05, 3.63) is 83.4 Å². The van der Waals surface area contributed by atoms with E-state index in [1.807, 2.05) is 48.5 Å². The Labute approximate surface area is 140 Å². The van der Waals surface area contributed by atoms with E-state index in [1.54, 1.807) is 12.4 Å². The van der Waals surface area contributed by atoms with E-state index in [1.165, 1.54) is 12.8 Å². The van der Waals surface area contributed by atoms with Crippen LogP contribution in [0, 0.1) is 0 Å². The fourth-order valence-electron chi connectivity index (χ4n) is 2.82. The van der Waals surface area contributed by atoms with E-state index in [0.29, 0.717) is 11.6 Å². The molecule has 2 N–H and O–H groups in total. The molecular formula is C19H18N4O. The van der Waals surface area contributed by atoms with Crippen LogP contribution >= 0.6 is 0 Å². The van der Waals surface area contributed by atoms with Crippen LogP contribution in [0.4, 0.5) is 0 Å².